The summed E-state index contributed by atoms with van der Waals surface area (Å²) in [4.78, 5) is 14.4. The van der Waals surface area contributed by atoms with E-state index in [0.29, 0.717) is 10.9 Å². The molecule has 0 saturated carbocycles. The van der Waals surface area contributed by atoms with E-state index < -0.39 is 0 Å². The summed E-state index contributed by atoms with van der Waals surface area (Å²) < 4.78 is 1.13. The van der Waals surface area contributed by atoms with Crippen molar-refractivity contribution in [2.24, 2.45) is 0 Å². The summed E-state index contributed by atoms with van der Waals surface area (Å²) in [6.07, 6.45) is 1.50. The van der Waals surface area contributed by atoms with Gasteiger partial charge in [0.25, 0.3) is 5.56 Å². The molecule has 3 aromatic rings. The molecule has 0 bridgehead atoms. The Kier molecular flexibility index (Phi) is 1.61. The number of benzene rings is 1. The number of aromatic amines is 1. The second-order valence-electron chi connectivity index (χ2n) is 3.28. The maximum Gasteiger partial charge on any atom is 0.259 e. The Bertz CT molecular complexity index is 713. The van der Waals surface area contributed by atoms with Crippen LogP contribution in [0, 0.1) is 0 Å². The predicted octanol–water partition coefficient (Wildman–Crippen LogP) is 1.88. The number of H-pyrrole nitrogens is 1. The lowest BCUT2D eigenvalue weighted by molar-refractivity contribution is 1.02. The van der Waals surface area contributed by atoms with Gasteiger partial charge in [-0.2, -0.15) is 9.30 Å². The van der Waals surface area contributed by atoms with E-state index in [1.54, 1.807) is 0 Å². The van der Waals surface area contributed by atoms with Crippen LogP contribution in [0.3, 0.4) is 0 Å². The molecule has 5 heteroatoms. The molecule has 0 spiro atoms. The van der Waals surface area contributed by atoms with Crippen molar-refractivity contribution in [1.29, 1.82) is 0 Å². The van der Waals surface area contributed by atoms with E-state index in [-0.39, 0.29) is 5.56 Å². The number of para-hydroxylation sites is 1. The summed E-state index contributed by atoms with van der Waals surface area (Å²) in [6.45, 7) is 0. The zero-order valence-corrected chi connectivity index (χ0v) is 8.32. The second-order valence-corrected chi connectivity index (χ2v) is 3.63. The van der Waals surface area contributed by atoms with Crippen LogP contribution in [0.15, 0.2) is 35.3 Å². The quantitative estimate of drug-likeness (QED) is 0.628. The van der Waals surface area contributed by atoms with E-state index in [1.807, 2.05) is 24.3 Å². The van der Waals surface area contributed by atoms with E-state index in [4.69, 9.17) is 11.8 Å². The summed E-state index contributed by atoms with van der Waals surface area (Å²) in [6, 6.07) is 7.50. The zero-order chi connectivity index (χ0) is 10.4. The normalized spacial score (nSPS) is 11.3. The number of nitrogens with zero attached hydrogens (tertiary/aromatic N) is 2. The topological polar surface area (TPSA) is 50.7 Å². The molecular weight excluding hydrogens is 214 g/mol. The van der Waals surface area contributed by atoms with Gasteiger partial charge in [-0.15, -0.1) is 0 Å². The van der Waals surface area contributed by atoms with Crippen LogP contribution in [0.2, 0.25) is 0 Å². The molecule has 0 amide bonds. The second kappa shape index (κ2) is 2.84. The van der Waals surface area contributed by atoms with Gasteiger partial charge in [0.15, 0.2) is 0 Å². The van der Waals surface area contributed by atoms with Crippen molar-refractivity contribution in [2.75, 3.05) is 0 Å². The molecular formula is C10H6ClN3O. The van der Waals surface area contributed by atoms with Gasteiger partial charge < -0.3 is 4.98 Å². The highest BCUT2D eigenvalue weighted by Crippen LogP contribution is 2.19. The van der Waals surface area contributed by atoms with Crippen LogP contribution in [-0.2, 0) is 0 Å². The molecule has 0 radical (unpaired) electrons. The van der Waals surface area contributed by atoms with Crippen LogP contribution in [0.5, 0.6) is 0 Å². The fourth-order valence-corrected chi connectivity index (χ4v) is 1.87. The fourth-order valence-electron chi connectivity index (χ4n) is 1.70. The van der Waals surface area contributed by atoms with E-state index in [9.17, 15) is 4.79 Å². The molecule has 0 aliphatic rings. The van der Waals surface area contributed by atoms with Crippen molar-refractivity contribution in [2.45, 2.75) is 0 Å². The van der Waals surface area contributed by atoms with Gasteiger partial charge in [-0.3, -0.25) is 4.79 Å². The first kappa shape index (κ1) is 8.49. The van der Waals surface area contributed by atoms with Crippen molar-refractivity contribution in [3.63, 3.8) is 0 Å². The minimum atomic E-state index is -0.171. The highest BCUT2D eigenvalue weighted by Gasteiger charge is 2.08. The van der Waals surface area contributed by atoms with Crippen molar-refractivity contribution in [3.8, 4) is 0 Å². The zero-order valence-electron chi connectivity index (χ0n) is 7.57. The molecule has 2 heterocycles. The maximum atomic E-state index is 11.6. The average Bonchev–Trinajstić information content (AvgIpc) is 2.61. The molecule has 1 N–H and O–H groups in total. The summed E-state index contributed by atoms with van der Waals surface area (Å²) in [5.74, 6) is 0. The lowest BCUT2D eigenvalue weighted by Crippen LogP contribution is -2.04. The van der Waals surface area contributed by atoms with Gasteiger partial charge in [0.2, 0.25) is 0 Å². The van der Waals surface area contributed by atoms with E-state index >= 15 is 0 Å². The summed E-state index contributed by atoms with van der Waals surface area (Å²) in [5, 5.41) is 5.46. The average molecular weight is 220 g/mol. The molecule has 0 aliphatic heterocycles. The van der Waals surface area contributed by atoms with Crippen molar-refractivity contribution >= 4 is 33.6 Å². The first-order valence-electron chi connectivity index (χ1n) is 4.42. The third-order valence-electron chi connectivity index (χ3n) is 2.36. The smallest absolute Gasteiger partial charge is 0.259 e. The Labute approximate surface area is 89.2 Å². The third-order valence-corrected chi connectivity index (χ3v) is 2.53. The van der Waals surface area contributed by atoms with Gasteiger partial charge in [0.05, 0.1) is 17.1 Å². The lowest BCUT2D eigenvalue weighted by Gasteiger charge is -1.96. The lowest BCUT2D eigenvalue weighted by atomic mass is 10.2. The van der Waals surface area contributed by atoms with E-state index in [0.717, 1.165) is 15.1 Å². The van der Waals surface area contributed by atoms with Gasteiger partial charge in [-0.1, -0.05) is 18.2 Å². The van der Waals surface area contributed by atoms with Crippen LogP contribution >= 0.6 is 11.8 Å². The van der Waals surface area contributed by atoms with Gasteiger partial charge in [0.1, 0.15) is 5.52 Å². The number of fused-ring (bicyclic) bond motifs is 3. The highest BCUT2D eigenvalue weighted by molar-refractivity contribution is 6.16. The van der Waals surface area contributed by atoms with Crippen LogP contribution in [0.1, 0.15) is 0 Å². The molecule has 4 nitrogen and oxygen atoms in total. The van der Waals surface area contributed by atoms with E-state index in [2.05, 4.69) is 10.1 Å². The molecule has 2 aromatic heterocycles. The minimum Gasteiger partial charge on any atom is -0.321 e. The monoisotopic (exact) mass is 219 g/mol. The number of halogens is 1. The maximum absolute atomic E-state index is 11.6. The fraction of sp³-hybridized carbons (Fsp3) is 0. The van der Waals surface area contributed by atoms with Crippen LogP contribution in [0.25, 0.3) is 21.8 Å². The minimum absolute atomic E-state index is 0.171. The van der Waals surface area contributed by atoms with Gasteiger partial charge >= 0.3 is 0 Å². The van der Waals surface area contributed by atoms with E-state index in [1.165, 1.54) is 6.20 Å². The van der Waals surface area contributed by atoms with Crippen LogP contribution < -0.4 is 5.56 Å². The van der Waals surface area contributed by atoms with Gasteiger partial charge in [0, 0.05) is 17.2 Å². The van der Waals surface area contributed by atoms with Crippen molar-refractivity contribution in [3.05, 3.63) is 40.8 Å². The van der Waals surface area contributed by atoms with Crippen LogP contribution in [0.4, 0.5) is 0 Å². The van der Waals surface area contributed by atoms with Crippen molar-refractivity contribution in [1.82, 2.24) is 14.3 Å². The Morgan fingerprint density at radius 2 is 2.07 bits per heavy atom. The predicted molar refractivity (Wildman–Crippen MR) is 59.1 cm³/mol. The number of nitrogens with one attached hydrogen (secondary N) is 1. The number of pyridine rings is 1. The SMILES string of the molecule is O=c1[nH]c2ccccc2c2nn(Cl)cc12. The Morgan fingerprint density at radius 1 is 1.27 bits per heavy atom. The molecule has 0 aliphatic carbocycles. The highest BCUT2D eigenvalue weighted by atomic mass is 35.5. The molecule has 15 heavy (non-hydrogen) atoms. The summed E-state index contributed by atoms with van der Waals surface area (Å²) >= 11 is 5.71. The standard InChI is InChI=1S/C10H6ClN3O/c11-14-5-7-9(13-14)6-3-1-2-4-8(6)12-10(7)15/h1-5H,(H,12,15). The largest absolute Gasteiger partial charge is 0.321 e. The van der Waals surface area contributed by atoms with Crippen LogP contribution in [-0.4, -0.2) is 14.3 Å². The Hall–Kier alpha value is -1.81. The Morgan fingerprint density at radius 3 is 2.93 bits per heavy atom. The number of hydrogen-bond donors (Lipinski definition) is 1. The molecule has 0 unspecified atom stereocenters. The number of aromatic nitrogens is 3. The molecule has 0 fully saturated rings. The number of hydrogen-bond acceptors (Lipinski definition) is 2. The molecule has 1 aromatic carbocycles. The van der Waals surface area contributed by atoms with Gasteiger partial charge in [-0.05, 0) is 6.07 Å². The first-order chi connectivity index (χ1) is 7.25. The van der Waals surface area contributed by atoms with Gasteiger partial charge in [-0.25, -0.2) is 0 Å². The molecule has 0 atom stereocenters. The molecule has 74 valence electrons. The first-order valence-corrected chi connectivity index (χ1v) is 4.76. The molecule has 0 saturated heterocycles. The summed E-state index contributed by atoms with van der Waals surface area (Å²) in [7, 11) is 0. The Balaban J connectivity index is 2.69. The number of rotatable bonds is 0. The van der Waals surface area contributed by atoms with Crippen molar-refractivity contribution < 1.29 is 0 Å². The molecule has 3 rings (SSSR count). The third kappa shape index (κ3) is 1.15. The summed E-state index contributed by atoms with van der Waals surface area (Å²) in [5.41, 5.74) is 1.23.